The predicted molar refractivity (Wildman–Crippen MR) is 101 cm³/mol. The number of rotatable bonds is 5. The molecular weight excluding hydrogens is 264 g/mol. The summed E-state index contributed by atoms with van der Waals surface area (Å²) in [6.07, 6.45) is 12.9. The lowest BCUT2D eigenvalue weighted by Crippen LogP contribution is -2.11. The molecule has 0 radical (unpaired) electrons. The fourth-order valence-electron chi connectivity index (χ4n) is 2.54. The van der Waals surface area contributed by atoms with Gasteiger partial charge in [-0.05, 0) is 66.0 Å². The Hall–Kier alpha value is -1.82. The van der Waals surface area contributed by atoms with Crippen molar-refractivity contribution in [2.75, 3.05) is 0 Å². The lowest BCUT2D eigenvalue weighted by molar-refractivity contribution is 0.514. The van der Waals surface area contributed by atoms with Crippen molar-refractivity contribution in [1.29, 1.82) is 0 Å². The molecule has 0 aliphatic heterocycles. The normalized spacial score (nSPS) is 16.8. The van der Waals surface area contributed by atoms with E-state index in [1.165, 1.54) is 11.1 Å². The van der Waals surface area contributed by atoms with Crippen molar-refractivity contribution in [3.05, 3.63) is 83.6 Å². The Morgan fingerprint density at radius 2 is 1.86 bits per heavy atom. The van der Waals surface area contributed by atoms with Crippen LogP contribution in [-0.2, 0) is 0 Å². The van der Waals surface area contributed by atoms with E-state index in [2.05, 4.69) is 71.7 Å². The van der Waals surface area contributed by atoms with Gasteiger partial charge in [-0.2, -0.15) is 0 Å². The van der Waals surface area contributed by atoms with Crippen molar-refractivity contribution in [1.82, 2.24) is 0 Å². The monoisotopic (exact) mass is 294 g/mol. The SMILES string of the molecule is C=C/C(=C\C(=C)/C(=C\C)C(=C)C(C)(C)C)C1=CCCC(C)=C1. The van der Waals surface area contributed by atoms with Gasteiger partial charge in [0.1, 0.15) is 0 Å². The van der Waals surface area contributed by atoms with Crippen LogP contribution in [0.15, 0.2) is 83.6 Å². The molecule has 0 aromatic rings. The molecule has 0 unspecified atom stereocenters. The van der Waals surface area contributed by atoms with Gasteiger partial charge in [-0.25, -0.2) is 0 Å². The molecule has 0 saturated carbocycles. The second kappa shape index (κ2) is 7.45. The fraction of sp³-hybridized carbons (Fsp3) is 0.364. The smallest absolute Gasteiger partial charge is 0.0132 e. The van der Waals surface area contributed by atoms with Gasteiger partial charge in [0.2, 0.25) is 0 Å². The first-order valence-electron chi connectivity index (χ1n) is 7.98. The summed E-state index contributed by atoms with van der Waals surface area (Å²) < 4.78 is 0. The molecule has 0 bridgehead atoms. The summed E-state index contributed by atoms with van der Waals surface area (Å²) in [5.41, 5.74) is 7.07. The summed E-state index contributed by atoms with van der Waals surface area (Å²) in [6.45, 7) is 23.3. The van der Waals surface area contributed by atoms with Crippen molar-refractivity contribution in [3.8, 4) is 0 Å². The first-order valence-corrected chi connectivity index (χ1v) is 7.98. The highest BCUT2D eigenvalue weighted by atomic mass is 14.2. The largest absolute Gasteiger partial charge is 0.0984 e. The molecule has 1 rings (SSSR count). The van der Waals surface area contributed by atoms with E-state index in [9.17, 15) is 0 Å². The average Bonchev–Trinajstić information content (AvgIpc) is 2.44. The summed E-state index contributed by atoms with van der Waals surface area (Å²) >= 11 is 0. The highest BCUT2D eigenvalue weighted by Crippen LogP contribution is 2.34. The van der Waals surface area contributed by atoms with Gasteiger partial charge >= 0.3 is 0 Å². The highest BCUT2D eigenvalue weighted by molar-refractivity contribution is 5.57. The Morgan fingerprint density at radius 3 is 2.32 bits per heavy atom. The maximum atomic E-state index is 4.27. The fourth-order valence-corrected chi connectivity index (χ4v) is 2.54. The average molecular weight is 294 g/mol. The van der Waals surface area contributed by atoms with E-state index in [1.54, 1.807) is 0 Å². The van der Waals surface area contributed by atoms with Gasteiger partial charge in [0, 0.05) is 0 Å². The van der Waals surface area contributed by atoms with Crippen molar-refractivity contribution < 1.29 is 0 Å². The minimum absolute atomic E-state index is 0.0353. The van der Waals surface area contributed by atoms with Gasteiger partial charge in [0.15, 0.2) is 0 Å². The molecule has 0 N–H and O–H groups in total. The van der Waals surface area contributed by atoms with E-state index in [0.29, 0.717) is 0 Å². The molecule has 0 heterocycles. The van der Waals surface area contributed by atoms with Crippen LogP contribution in [0.1, 0.15) is 47.5 Å². The van der Waals surface area contributed by atoms with E-state index >= 15 is 0 Å². The van der Waals surface area contributed by atoms with Crippen LogP contribution in [-0.4, -0.2) is 0 Å². The summed E-state index contributed by atoms with van der Waals surface area (Å²) in [7, 11) is 0. The number of hydrogen-bond acceptors (Lipinski definition) is 0. The van der Waals surface area contributed by atoms with E-state index in [1.807, 2.05) is 13.0 Å². The topological polar surface area (TPSA) is 0 Å². The summed E-state index contributed by atoms with van der Waals surface area (Å²) in [5.74, 6) is 0. The molecule has 1 aliphatic rings. The third-order valence-corrected chi connectivity index (χ3v) is 4.05. The zero-order valence-electron chi connectivity index (χ0n) is 14.9. The van der Waals surface area contributed by atoms with Crippen molar-refractivity contribution in [2.24, 2.45) is 5.41 Å². The highest BCUT2D eigenvalue weighted by Gasteiger charge is 2.19. The molecule has 0 aromatic carbocycles. The van der Waals surface area contributed by atoms with E-state index in [-0.39, 0.29) is 5.41 Å². The number of allylic oxidation sites excluding steroid dienone is 11. The summed E-state index contributed by atoms with van der Waals surface area (Å²) in [5, 5.41) is 0. The van der Waals surface area contributed by atoms with Crippen LogP contribution in [0.2, 0.25) is 0 Å². The van der Waals surface area contributed by atoms with Crippen LogP contribution < -0.4 is 0 Å². The molecule has 22 heavy (non-hydrogen) atoms. The zero-order chi connectivity index (χ0) is 16.9. The Balaban J connectivity index is 3.13. The predicted octanol–water partition coefficient (Wildman–Crippen LogP) is 6.87. The lowest BCUT2D eigenvalue weighted by Gasteiger charge is -2.25. The van der Waals surface area contributed by atoms with Crippen molar-refractivity contribution in [2.45, 2.75) is 47.5 Å². The Labute approximate surface area is 137 Å². The van der Waals surface area contributed by atoms with E-state index in [4.69, 9.17) is 0 Å². The van der Waals surface area contributed by atoms with Crippen molar-refractivity contribution >= 4 is 0 Å². The summed E-state index contributed by atoms with van der Waals surface area (Å²) in [4.78, 5) is 0. The maximum absolute atomic E-state index is 4.27. The molecule has 0 saturated heterocycles. The molecule has 118 valence electrons. The van der Waals surface area contributed by atoms with Crippen LogP contribution in [0.25, 0.3) is 0 Å². The Bertz CT molecular complexity index is 592. The first-order chi connectivity index (χ1) is 10.2. The van der Waals surface area contributed by atoms with Crippen LogP contribution in [0, 0.1) is 5.41 Å². The molecule has 0 fully saturated rings. The van der Waals surface area contributed by atoms with Crippen LogP contribution >= 0.6 is 0 Å². The van der Waals surface area contributed by atoms with Gasteiger partial charge in [0.25, 0.3) is 0 Å². The van der Waals surface area contributed by atoms with Gasteiger partial charge in [-0.15, -0.1) is 0 Å². The minimum atomic E-state index is 0.0353. The molecule has 1 aliphatic carbocycles. The third kappa shape index (κ3) is 4.59. The number of hydrogen-bond donors (Lipinski definition) is 0. The maximum Gasteiger partial charge on any atom is -0.0132 e. The van der Waals surface area contributed by atoms with Crippen molar-refractivity contribution in [3.63, 3.8) is 0 Å². The quantitative estimate of drug-likeness (QED) is 0.485. The lowest BCUT2D eigenvalue weighted by atomic mass is 9.80. The Kier molecular flexibility index (Phi) is 6.17. The van der Waals surface area contributed by atoms with Crippen LogP contribution in [0.3, 0.4) is 0 Å². The third-order valence-electron chi connectivity index (χ3n) is 4.05. The zero-order valence-corrected chi connectivity index (χ0v) is 14.9. The van der Waals surface area contributed by atoms with E-state index in [0.717, 1.165) is 35.1 Å². The second-order valence-corrected chi connectivity index (χ2v) is 6.95. The Morgan fingerprint density at radius 1 is 1.23 bits per heavy atom. The second-order valence-electron chi connectivity index (χ2n) is 6.95. The molecule has 0 amide bonds. The molecule has 0 nitrogen and oxygen atoms in total. The molecule has 0 spiro atoms. The molecule has 0 aromatic heterocycles. The standard InChI is InChI=1S/C22H30/c1-9-19(20-13-11-12-16(3)14-20)15-17(4)21(10-2)18(5)22(6,7)8/h9-10,13-15H,1,4-5,11-12H2,2-3,6-8H3/b19-15+,21-10+. The minimum Gasteiger partial charge on any atom is -0.0984 e. The first kappa shape index (κ1) is 18.2. The van der Waals surface area contributed by atoms with Crippen LogP contribution in [0.5, 0.6) is 0 Å². The van der Waals surface area contributed by atoms with Gasteiger partial charge in [-0.3, -0.25) is 0 Å². The van der Waals surface area contributed by atoms with Gasteiger partial charge < -0.3 is 0 Å². The van der Waals surface area contributed by atoms with Gasteiger partial charge in [0.05, 0.1) is 0 Å². The van der Waals surface area contributed by atoms with Gasteiger partial charge in [-0.1, -0.05) is 70.4 Å². The summed E-state index contributed by atoms with van der Waals surface area (Å²) in [6, 6.07) is 0. The molecule has 0 atom stereocenters. The molecular formula is C22H30. The van der Waals surface area contributed by atoms with Crippen LogP contribution in [0.4, 0.5) is 0 Å². The van der Waals surface area contributed by atoms with E-state index < -0.39 is 0 Å². The molecule has 0 heteroatoms.